The van der Waals surface area contributed by atoms with Crippen LogP contribution in [0.3, 0.4) is 0 Å². The lowest BCUT2D eigenvalue weighted by Crippen LogP contribution is -2.21. The predicted molar refractivity (Wildman–Crippen MR) is 41.7 cm³/mol. The summed E-state index contributed by atoms with van der Waals surface area (Å²) in [4.78, 5) is 0. The average Bonchev–Trinajstić information content (AvgIpc) is 1.90. The fourth-order valence-corrected chi connectivity index (χ4v) is 2.88. The van der Waals surface area contributed by atoms with Crippen LogP contribution in [0.25, 0.3) is 0 Å². The van der Waals surface area contributed by atoms with Gasteiger partial charge in [-0.3, -0.25) is 0 Å². The summed E-state index contributed by atoms with van der Waals surface area (Å²) in [5, 5.41) is 9.01. The van der Waals surface area contributed by atoms with E-state index in [1.807, 2.05) is 0 Å². The van der Waals surface area contributed by atoms with Gasteiger partial charge in [0.15, 0.2) is 0 Å². The topological polar surface area (TPSA) is 29.5 Å². The largest absolute Gasteiger partial charge is 0.382 e. The van der Waals surface area contributed by atoms with E-state index in [4.69, 9.17) is 9.84 Å². The van der Waals surface area contributed by atoms with Crippen molar-refractivity contribution in [3.8, 4) is 0 Å². The van der Waals surface area contributed by atoms with Gasteiger partial charge in [-0.1, -0.05) is 0 Å². The van der Waals surface area contributed by atoms with Gasteiger partial charge in [0.25, 0.3) is 0 Å². The number of aliphatic hydroxyl groups excluding tert-OH is 1. The Balaban J connectivity index is 2.18. The van der Waals surface area contributed by atoms with E-state index < -0.39 is 0 Å². The highest BCUT2D eigenvalue weighted by atomic mass is 32.2. The van der Waals surface area contributed by atoms with Gasteiger partial charge < -0.3 is 9.84 Å². The summed E-state index contributed by atoms with van der Waals surface area (Å²) < 4.78 is 5.07. The molecular formula is C5H10O2S2. The number of rotatable bonds is 1. The van der Waals surface area contributed by atoms with Crippen LogP contribution in [0.15, 0.2) is 0 Å². The number of aliphatic hydroxyl groups is 1. The smallest absolute Gasteiger partial charge is 0.112 e. The van der Waals surface area contributed by atoms with Crippen LogP contribution in [-0.2, 0) is 4.74 Å². The Labute approximate surface area is 63.3 Å². The second kappa shape index (κ2) is 3.71. The molecule has 1 heterocycles. The molecule has 2 nitrogen and oxygen atoms in total. The second-order valence-electron chi connectivity index (χ2n) is 1.79. The minimum absolute atomic E-state index is 0.179. The maximum atomic E-state index is 9.01. The Kier molecular flexibility index (Phi) is 3.18. The summed E-state index contributed by atoms with van der Waals surface area (Å²) in [7, 11) is 1.70. The van der Waals surface area contributed by atoms with Crippen molar-refractivity contribution in [3.05, 3.63) is 0 Å². The van der Waals surface area contributed by atoms with Gasteiger partial charge in [0.1, 0.15) is 10.9 Å². The quantitative estimate of drug-likeness (QED) is 0.622. The highest BCUT2D eigenvalue weighted by Crippen LogP contribution is 2.28. The highest BCUT2D eigenvalue weighted by molar-refractivity contribution is 8.06. The van der Waals surface area contributed by atoms with Crippen LogP contribution in [-0.4, -0.2) is 34.6 Å². The average molecular weight is 166 g/mol. The van der Waals surface area contributed by atoms with Crippen LogP contribution >= 0.6 is 23.5 Å². The van der Waals surface area contributed by atoms with E-state index in [-0.39, 0.29) is 5.44 Å². The van der Waals surface area contributed by atoms with Crippen LogP contribution < -0.4 is 0 Å². The summed E-state index contributed by atoms with van der Waals surface area (Å²) in [6, 6.07) is 0. The Morgan fingerprint density at radius 1 is 1.44 bits per heavy atom. The highest BCUT2D eigenvalue weighted by Gasteiger charge is 2.18. The maximum absolute atomic E-state index is 9.01. The number of hydrogen-bond acceptors (Lipinski definition) is 4. The van der Waals surface area contributed by atoms with Crippen molar-refractivity contribution in [2.75, 3.05) is 18.6 Å². The molecule has 1 aliphatic heterocycles. The number of ether oxygens (including phenoxy) is 1. The van der Waals surface area contributed by atoms with Gasteiger partial charge in [-0.15, -0.1) is 23.5 Å². The molecule has 1 fully saturated rings. The Morgan fingerprint density at radius 2 is 2.22 bits per heavy atom. The van der Waals surface area contributed by atoms with E-state index in [1.165, 1.54) is 0 Å². The first-order valence-corrected chi connectivity index (χ1v) is 4.86. The fourth-order valence-electron chi connectivity index (χ4n) is 0.612. The van der Waals surface area contributed by atoms with Gasteiger partial charge in [0.05, 0.1) is 0 Å². The van der Waals surface area contributed by atoms with Crippen molar-refractivity contribution in [2.24, 2.45) is 0 Å². The summed E-state index contributed by atoms with van der Waals surface area (Å²) in [6.07, 6.45) is 0. The Bertz CT molecular complexity index is 81.0. The first kappa shape index (κ1) is 7.72. The lowest BCUT2D eigenvalue weighted by atomic mass is 10.8. The molecule has 0 aliphatic carbocycles. The molecule has 0 aromatic rings. The van der Waals surface area contributed by atoms with Gasteiger partial charge in [-0.2, -0.15) is 0 Å². The molecule has 1 saturated heterocycles. The monoisotopic (exact) mass is 166 g/mol. The van der Waals surface area contributed by atoms with Crippen molar-refractivity contribution >= 4 is 23.5 Å². The van der Waals surface area contributed by atoms with Crippen molar-refractivity contribution < 1.29 is 9.84 Å². The van der Waals surface area contributed by atoms with Crippen molar-refractivity contribution in [1.29, 1.82) is 0 Å². The van der Waals surface area contributed by atoms with E-state index in [2.05, 4.69) is 0 Å². The van der Waals surface area contributed by atoms with Crippen LogP contribution in [0.2, 0.25) is 0 Å². The first-order chi connectivity index (χ1) is 4.33. The molecule has 0 amide bonds. The lowest BCUT2D eigenvalue weighted by Gasteiger charge is -2.22. The summed E-state index contributed by atoms with van der Waals surface area (Å²) >= 11 is 3.24. The molecule has 2 unspecified atom stereocenters. The van der Waals surface area contributed by atoms with Gasteiger partial charge in [0, 0.05) is 18.6 Å². The van der Waals surface area contributed by atoms with Crippen molar-refractivity contribution in [3.63, 3.8) is 0 Å². The normalized spacial score (nSPS) is 36.7. The molecule has 1 rings (SSSR count). The van der Waals surface area contributed by atoms with Crippen LogP contribution in [0, 0.1) is 0 Å². The molecule has 0 bridgehead atoms. The van der Waals surface area contributed by atoms with Crippen molar-refractivity contribution in [2.45, 2.75) is 10.9 Å². The number of methoxy groups -OCH3 is 1. The molecule has 0 aromatic heterocycles. The molecule has 4 heteroatoms. The summed E-state index contributed by atoms with van der Waals surface area (Å²) in [5.41, 5.74) is 0.111. The molecule has 2 atom stereocenters. The molecule has 0 saturated carbocycles. The molecular weight excluding hydrogens is 156 g/mol. The standard InChI is InChI=1S/C5H10O2S2/c1-7-5-3-8-4(6)2-9-5/h4-6H,2-3H2,1H3. The van der Waals surface area contributed by atoms with Crippen LogP contribution in [0.1, 0.15) is 0 Å². The minimum Gasteiger partial charge on any atom is -0.382 e. The third-order valence-electron chi connectivity index (χ3n) is 1.11. The SMILES string of the molecule is COC1CSC(O)CS1. The van der Waals surface area contributed by atoms with Gasteiger partial charge >= 0.3 is 0 Å². The van der Waals surface area contributed by atoms with E-state index in [1.54, 1.807) is 30.6 Å². The number of hydrogen-bond donors (Lipinski definition) is 1. The van der Waals surface area contributed by atoms with E-state index in [0.29, 0.717) is 5.44 Å². The molecule has 0 spiro atoms. The first-order valence-electron chi connectivity index (χ1n) is 2.77. The maximum Gasteiger partial charge on any atom is 0.112 e. The molecule has 54 valence electrons. The summed E-state index contributed by atoms with van der Waals surface area (Å²) in [6.45, 7) is 0. The Morgan fingerprint density at radius 3 is 2.67 bits per heavy atom. The molecule has 1 aliphatic rings. The molecule has 1 N–H and O–H groups in total. The van der Waals surface area contributed by atoms with E-state index in [0.717, 1.165) is 11.5 Å². The summed E-state index contributed by atoms with van der Waals surface area (Å²) in [5.74, 6) is 1.70. The van der Waals surface area contributed by atoms with Crippen molar-refractivity contribution in [1.82, 2.24) is 0 Å². The van der Waals surface area contributed by atoms with Gasteiger partial charge in [0.2, 0.25) is 0 Å². The molecule has 9 heavy (non-hydrogen) atoms. The fraction of sp³-hybridized carbons (Fsp3) is 1.00. The predicted octanol–water partition coefficient (Wildman–Crippen LogP) is 0.757. The third-order valence-corrected chi connectivity index (χ3v) is 3.82. The zero-order valence-corrected chi connectivity index (χ0v) is 6.87. The number of thioether (sulfide) groups is 2. The minimum atomic E-state index is -0.179. The zero-order chi connectivity index (χ0) is 6.69. The van der Waals surface area contributed by atoms with Gasteiger partial charge in [-0.05, 0) is 0 Å². The third kappa shape index (κ3) is 2.37. The van der Waals surface area contributed by atoms with Crippen LogP contribution in [0.4, 0.5) is 0 Å². The molecule has 0 aromatic carbocycles. The zero-order valence-electron chi connectivity index (χ0n) is 5.24. The van der Waals surface area contributed by atoms with Crippen LogP contribution in [0.5, 0.6) is 0 Å². The van der Waals surface area contributed by atoms with E-state index >= 15 is 0 Å². The Hall–Kier alpha value is 0.620. The molecule has 0 radical (unpaired) electrons. The lowest BCUT2D eigenvalue weighted by molar-refractivity contribution is 0.186. The second-order valence-corrected chi connectivity index (χ2v) is 4.19. The van der Waals surface area contributed by atoms with E-state index in [9.17, 15) is 0 Å². The van der Waals surface area contributed by atoms with Gasteiger partial charge in [-0.25, -0.2) is 0 Å².